The Balaban J connectivity index is 2.50. The number of hydrogen-bond acceptors (Lipinski definition) is 3. The van der Waals surface area contributed by atoms with Crippen LogP contribution in [0.5, 0.6) is 0 Å². The molecule has 0 bridgehead atoms. The van der Waals surface area contributed by atoms with E-state index in [1.54, 1.807) is 12.4 Å². The van der Waals surface area contributed by atoms with E-state index in [1.165, 1.54) is 6.42 Å². The van der Waals surface area contributed by atoms with Crippen molar-refractivity contribution in [2.24, 2.45) is 5.92 Å². The third kappa shape index (κ3) is 4.45. The van der Waals surface area contributed by atoms with E-state index in [9.17, 15) is 0 Å². The van der Waals surface area contributed by atoms with Crippen molar-refractivity contribution >= 4 is 11.6 Å². The van der Waals surface area contributed by atoms with Crippen LogP contribution < -0.4 is 0 Å². The molecule has 1 heterocycles. The lowest BCUT2D eigenvalue weighted by molar-refractivity contribution is 0.218. The molecule has 3 nitrogen and oxygen atoms in total. The Morgan fingerprint density at radius 2 is 1.94 bits per heavy atom. The Hall–Kier alpha value is -0.670. The van der Waals surface area contributed by atoms with Gasteiger partial charge in [-0.3, -0.25) is 9.88 Å². The normalized spacial score (nSPS) is 13.4. The van der Waals surface area contributed by atoms with E-state index in [0.29, 0.717) is 17.1 Å². The maximum atomic E-state index is 5.69. The van der Waals surface area contributed by atoms with Gasteiger partial charge in [0.25, 0.3) is 0 Å². The van der Waals surface area contributed by atoms with Crippen LogP contribution in [0.1, 0.15) is 32.9 Å². The minimum atomic E-state index is 0.446. The highest BCUT2D eigenvalue weighted by Gasteiger charge is 2.11. The summed E-state index contributed by atoms with van der Waals surface area (Å²) in [6, 6.07) is 0.553. The lowest BCUT2D eigenvalue weighted by atomic mass is 10.0. The number of nitrogens with zero attached hydrogens (tertiary/aromatic N) is 3. The minimum absolute atomic E-state index is 0.446. The van der Waals surface area contributed by atoms with Gasteiger partial charge >= 0.3 is 0 Å². The van der Waals surface area contributed by atoms with Gasteiger partial charge in [0.1, 0.15) is 5.15 Å². The molecule has 1 unspecified atom stereocenters. The molecule has 0 fully saturated rings. The first-order valence-electron chi connectivity index (χ1n) is 5.65. The van der Waals surface area contributed by atoms with Gasteiger partial charge in [-0.2, -0.15) is 0 Å². The molecule has 1 atom stereocenters. The van der Waals surface area contributed by atoms with Gasteiger partial charge in [0.05, 0.1) is 18.1 Å². The average Bonchev–Trinajstić information content (AvgIpc) is 2.20. The molecule has 90 valence electrons. The van der Waals surface area contributed by atoms with Gasteiger partial charge in [-0.1, -0.05) is 25.4 Å². The van der Waals surface area contributed by atoms with Crippen LogP contribution in [-0.4, -0.2) is 28.0 Å². The fourth-order valence-electron chi connectivity index (χ4n) is 1.69. The third-order valence-electron chi connectivity index (χ3n) is 2.65. The van der Waals surface area contributed by atoms with Crippen LogP contribution in [0.3, 0.4) is 0 Å². The molecule has 1 rings (SSSR count). The average molecular weight is 242 g/mol. The van der Waals surface area contributed by atoms with Gasteiger partial charge in [0, 0.05) is 12.6 Å². The number of halogens is 1. The van der Waals surface area contributed by atoms with Crippen LogP contribution in [-0.2, 0) is 6.54 Å². The summed E-state index contributed by atoms with van der Waals surface area (Å²) in [6.07, 6.45) is 4.52. The Labute approximate surface area is 103 Å². The Kier molecular flexibility index (Phi) is 5.16. The van der Waals surface area contributed by atoms with E-state index >= 15 is 0 Å². The lowest BCUT2D eigenvalue weighted by Crippen LogP contribution is -2.30. The zero-order chi connectivity index (χ0) is 12.1. The van der Waals surface area contributed by atoms with Crippen LogP contribution >= 0.6 is 11.6 Å². The molecule has 0 saturated heterocycles. The van der Waals surface area contributed by atoms with E-state index in [1.807, 2.05) is 0 Å². The molecule has 0 radical (unpaired) electrons. The summed E-state index contributed by atoms with van der Waals surface area (Å²) in [6.45, 7) is 7.54. The van der Waals surface area contributed by atoms with E-state index in [4.69, 9.17) is 11.6 Å². The molecule has 0 spiro atoms. The second-order valence-electron chi connectivity index (χ2n) is 4.72. The van der Waals surface area contributed by atoms with Crippen molar-refractivity contribution in [3.05, 3.63) is 23.2 Å². The Morgan fingerprint density at radius 1 is 1.25 bits per heavy atom. The lowest BCUT2D eigenvalue weighted by Gasteiger charge is -2.25. The van der Waals surface area contributed by atoms with Crippen molar-refractivity contribution in [1.82, 2.24) is 14.9 Å². The van der Waals surface area contributed by atoms with Gasteiger partial charge in [0.2, 0.25) is 0 Å². The summed E-state index contributed by atoms with van der Waals surface area (Å²) in [5.74, 6) is 0.716. The van der Waals surface area contributed by atoms with E-state index in [-0.39, 0.29) is 0 Å². The fraction of sp³-hybridized carbons (Fsp3) is 0.667. The molecule has 1 aromatic rings. The summed E-state index contributed by atoms with van der Waals surface area (Å²) >= 11 is 5.69. The fourth-order valence-corrected chi connectivity index (χ4v) is 1.79. The quantitative estimate of drug-likeness (QED) is 0.794. The SMILES string of the molecule is CC(C)CC(C)N(C)Cc1cnc(Cl)cn1. The highest BCUT2D eigenvalue weighted by atomic mass is 35.5. The summed E-state index contributed by atoms with van der Waals surface area (Å²) in [4.78, 5) is 10.6. The smallest absolute Gasteiger partial charge is 0.147 e. The molecule has 0 amide bonds. The van der Waals surface area contributed by atoms with Crippen LogP contribution in [0.4, 0.5) is 0 Å². The van der Waals surface area contributed by atoms with Crippen molar-refractivity contribution in [3.8, 4) is 0 Å². The number of aromatic nitrogens is 2. The Bertz CT molecular complexity index is 311. The van der Waals surface area contributed by atoms with Gasteiger partial charge in [0.15, 0.2) is 0 Å². The number of hydrogen-bond donors (Lipinski definition) is 0. The van der Waals surface area contributed by atoms with Crippen LogP contribution in [0.2, 0.25) is 5.15 Å². The van der Waals surface area contributed by atoms with Gasteiger partial charge in [-0.25, -0.2) is 4.98 Å². The van der Waals surface area contributed by atoms with Crippen molar-refractivity contribution in [2.75, 3.05) is 7.05 Å². The van der Waals surface area contributed by atoms with Crippen molar-refractivity contribution in [1.29, 1.82) is 0 Å². The third-order valence-corrected chi connectivity index (χ3v) is 2.85. The standard InChI is InChI=1S/C12H20ClN3/c1-9(2)5-10(3)16(4)8-11-6-15-12(13)7-14-11/h6-7,9-10H,5,8H2,1-4H3. The van der Waals surface area contributed by atoms with Gasteiger partial charge in [-0.15, -0.1) is 0 Å². The van der Waals surface area contributed by atoms with Crippen LogP contribution in [0.15, 0.2) is 12.4 Å². The van der Waals surface area contributed by atoms with Gasteiger partial charge < -0.3 is 0 Å². The molecular weight excluding hydrogens is 222 g/mol. The molecular formula is C12H20ClN3. The first kappa shape index (κ1) is 13.4. The molecule has 0 aliphatic carbocycles. The maximum absolute atomic E-state index is 5.69. The zero-order valence-corrected chi connectivity index (χ0v) is 11.2. The molecule has 0 N–H and O–H groups in total. The van der Waals surface area contributed by atoms with Crippen molar-refractivity contribution in [3.63, 3.8) is 0 Å². The number of rotatable bonds is 5. The van der Waals surface area contributed by atoms with Crippen LogP contribution in [0, 0.1) is 5.92 Å². The second kappa shape index (κ2) is 6.16. The highest BCUT2D eigenvalue weighted by Crippen LogP contribution is 2.12. The minimum Gasteiger partial charge on any atom is -0.298 e. The topological polar surface area (TPSA) is 29.0 Å². The van der Waals surface area contributed by atoms with Crippen molar-refractivity contribution in [2.45, 2.75) is 39.8 Å². The molecule has 16 heavy (non-hydrogen) atoms. The molecule has 1 aromatic heterocycles. The molecule has 0 saturated carbocycles. The predicted molar refractivity (Wildman–Crippen MR) is 67.4 cm³/mol. The summed E-state index contributed by atoms with van der Waals surface area (Å²) in [5.41, 5.74) is 0.961. The maximum Gasteiger partial charge on any atom is 0.147 e. The summed E-state index contributed by atoms with van der Waals surface area (Å²) in [5, 5.41) is 0.446. The van der Waals surface area contributed by atoms with E-state index in [0.717, 1.165) is 12.2 Å². The molecule has 4 heteroatoms. The Morgan fingerprint density at radius 3 is 2.44 bits per heavy atom. The molecule has 0 aliphatic rings. The monoisotopic (exact) mass is 241 g/mol. The summed E-state index contributed by atoms with van der Waals surface area (Å²) < 4.78 is 0. The predicted octanol–water partition coefficient (Wildman–Crippen LogP) is 3.00. The second-order valence-corrected chi connectivity index (χ2v) is 5.11. The van der Waals surface area contributed by atoms with Crippen molar-refractivity contribution < 1.29 is 0 Å². The summed E-state index contributed by atoms with van der Waals surface area (Å²) in [7, 11) is 2.11. The molecule has 0 aliphatic heterocycles. The van der Waals surface area contributed by atoms with E-state index in [2.05, 4.69) is 42.7 Å². The zero-order valence-electron chi connectivity index (χ0n) is 10.4. The molecule has 0 aromatic carbocycles. The first-order chi connectivity index (χ1) is 7.49. The largest absolute Gasteiger partial charge is 0.298 e. The van der Waals surface area contributed by atoms with E-state index < -0.39 is 0 Å². The van der Waals surface area contributed by atoms with Crippen LogP contribution in [0.25, 0.3) is 0 Å². The van der Waals surface area contributed by atoms with Gasteiger partial charge in [-0.05, 0) is 26.3 Å². The highest BCUT2D eigenvalue weighted by molar-refractivity contribution is 6.29. The first-order valence-corrected chi connectivity index (χ1v) is 6.03.